The lowest BCUT2D eigenvalue weighted by atomic mass is 10.0. The first-order chi connectivity index (χ1) is 18.6. The summed E-state index contributed by atoms with van der Waals surface area (Å²) in [5, 5.41) is 14.8. The minimum Gasteiger partial charge on any atom is -0.461 e. The largest absolute Gasteiger partial charge is 0.461 e. The van der Waals surface area contributed by atoms with Gasteiger partial charge < -0.3 is 19.1 Å². The standard InChI is InChI=1S/C29H31FN4O5/c1-5-37-27(35)26-22(17-31)25(19-12-14-21(15-13-19)38-24-11-7-6-10-23(24)30)32-34(26)20-9-8-16-33(18-20)28(36)39-29(2,3)4/h6-7,10-15,20H,5,8-9,16,18H2,1-4H3/t20-/m1/s1. The van der Waals surface area contributed by atoms with E-state index < -0.39 is 23.5 Å². The van der Waals surface area contributed by atoms with Crippen molar-refractivity contribution in [2.24, 2.45) is 0 Å². The summed E-state index contributed by atoms with van der Waals surface area (Å²) in [4.78, 5) is 27.4. The number of nitriles is 1. The van der Waals surface area contributed by atoms with Crippen LogP contribution in [-0.4, -0.2) is 52.0 Å². The number of halogens is 1. The van der Waals surface area contributed by atoms with Gasteiger partial charge in [0.2, 0.25) is 0 Å². The van der Waals surface area contributed by atoms with Crippen molar-refractivity contribution in [2.45, 2.75) is 52.2 Å². The molecule has 0 unspecified atom stereocenters. The number of ether oxygens (including phenoxy) is 3. The van der Waals surface area contributed by atoms with Gasteiger partial charge in [-0.25, -0.2) is 14.0 Å². The second-order valence-corrected chi connectivity index (χ2v) is 10.1. The third-order valence-corrected chi connectivity index (χ3v) is 6.08. The Morgan fingerprint density at radius 1 is 1.15 bits per heavy atom. The van der Waals surface area contributed by atoms with Crippen molar-refractivity contribution in [3.8, 4) is 28.8 Å². The maximum Gasteiger partial charge on any atom is 0.410 e. The Hall–Kier alpha value is -4.39. The van der Waals surface area contributed by atoms with Gasteiger partial charge in [-0.15, -0.1) is 0 Å². The van der Waals surface area contributed by atoms with Gasteiger partial charge in [0.1, 0.15) is 28.7 Å². The van der Waals surface area contributed by atoms with Gasteiger partial charge in [0.25, 0.3) is 0 Å². The lowest BCUT2D eigenvalue weighted by Crippen LogP contribution is -2.44. The Labute approximate surface area is 226 Å². The zero-order valence-corrected chi connectivity index (χ0v) is 22.4. The Morgan fingerprint density at radius 3 is 2.51 bits per heavy atom. The van der Waals surface area contributed by atoms with Crippen molar-refractivity contribution in [3.63, 3.8) is 0 Å². The molecule has 1 atom stereocenters. The van der Waals surface area contributed by atoms with Crippen LogP contribution < -0.4 is 4.74 Å². The van der Waals surface area contributed by atoms with Crippen molar-refractivity contribution in [2.75, 3.05) is 19.7 Å². The maximum absolute atomic E-state index is 14.0. The van der Waals surface area contributed by atoms with Crippen LogP contribution in [0, 0.1) is 17.1 Å². The molecule has 1 aliphatic heterocycles. The van der Waals surface area contributed by atoms with Crippen molar-refractivity contribution < 1.29 is 28.2 Å². The van der Waals surface area contributed by atoms with Gasteiger partial charge in [-0.1, -0.05) is 12.1 Å². The molecular formula is C29H31FN4O5. The third kappa shape index (κ3) is 6.37. The topological polar surface area (TPSA) is 107 Å². The van der Waals surface area contributed by atoms with E-state index in [-0.39, 0.29) is 36.2 Å². The van der Waals surface area contributed by atoms with E-state index in [1.165, 1.54) is 16.8 Å². The number of likely N-dealkylation sites (tertiary alicyclic amines) is 1. The van der Waals surface area contributed by atoms with Crippen molar-refractivity contribution in [3.05, 3.63) is 65.6 Å². The first-order valence-electron chi connectivity index (χ1n) is 12.8. The number of hydrogen-bond donors (Lipinski definition) is 0. The summed E-state index contributed by atoms with van der Waals surface area (Å²) < 4.78 is 31.9. The molecular weight excluding hydrogens is 503 g/mol. The van der Waals surface area contributed by atoms with Crippen LogP contribution in [0.3, 0.4) is 0 Å². The van der Waals surface area contributed by atoms with Crippen LogP contribution in [0.2, 0.25) is 0 Å². The Kier molecular flexibility index (Phi) is 8.19. The van der Waals surface area contributed by atoms with Gasteiger partial charge in [-0.05, 0) is 76.9 Å². The van der Waals surface area contributed by atoms with E-state index in [0.29, 0.717) is 36.4 Å². The summed E-state index contributed by atoms with van der Waals surface area (Å²) in [6.45, 7) is 8.00. The van der Waals surface area contributed by atoms with Crippen LogP contribution in [0.5, 0.6) is 11.5 Å². The summed E-state index contributed by atoms with van der Waals surface area (Å²) in [5.74, 6) is -0.669. The highest BCUT2D eigenvalue weighted by Crippen LogP contribution is 2.33. The van der Waals surface area contributed by atoms with Crippen LogP contribution >= 0.6 is 0 Å². The Bertz CT molecular complexity index is 1390. The number of piperidine rings is 1. The molecule has 0 radical (unpaired) electrons. The summed E-state index contributed by atoms with van der Waals surface area (Å²) in [6.07, 6.45) is 0.876. The average molecular weight is 535 g/mol. The molecule has 39 heavy (non-hydrogen) atoms. The zero-order valence-electron chi connectivity index (χ0n) is 22.4. The number of para-hydroxylation sites is 1. The molecule has 10 heteroatoms. The summed E-state index contributed by atoms with van der Waals surface area (Å²) in [6, 6.07) is 14.5. The van der Waals surface area contributed by atoms with Crippen LogP contribution in [0.15, 0.2) is 48.5 Å². The number of esters is 1. The normalized spacial score (nSPS) is 15.4. The number of aromatic nitrogens is 2. The Balaban J connectivity index is 1.67. The summed E-state index contributed by atoms with van der Waals surface area (Å²) >= 11 is 0. The molecule has 1 aromatic heterocycles. The molecule has 1 aliphatic rings. The molecule has 1 saturated heterocycles. The fourth-order valence-electron chi connectivity index (χ4n) is 4.38. The molecule has 9 nitrogen and oxygen atoms in total. The molecule has 1 amide bonds. The first kappa shape index (κ1) is 27.6. The van der Waals surface area contributed by atoms with Crippen LogP contribution in [0.4, 0.5) is 9.18 Å². The number of nitrogens with zero attached hydrogens (tertiary/aromatic N) is 4. The maximum atomic E-state index is 14.0. The third-order valence-electron chi connectivity index (χ3n) is 6.08. The van der Waals surface area contributed by atoms with Gasteiger partial charge in [-0.3, -0.25) is 4.68 Å². The number of rotatable bonds is 6. The highest BCUT2D eigenvalue weighted by atomic mass is 19.1. The van der Waals surface area contributed by atoms with E-state index in [9.17, 15) is 19.2 Å². The molecule has 0 spiro atoms. The monoisotopic (exact) mass is 534 g/mol. The molecule has 0 saturated carbocycles. The number of benzene rings is 2. The lowest BCUT2D eigenvalue weighted by Gasteiger charge is -2.34. The van der Waals surface area contributed by atoms with Gasteiger partial charge in [0.15, 0.2) is 17.3 Å². The average Bonchev–Trinajstić information content (AvgIpc) is 3.29. The van der Waals surface area contributed by atoms with E-state index in [1.54, 1.807) is 69.0 Å². The van der Waals surface area contributed by atoms with E-state index >= 15 is 0 Å². The Morgan fingerprint density at radius 2 is 1.87 bits per heavy atom. The van der Waals surface area contributed by atoms with Gasteiger partial charge in [-0.2, -0.15) is 10.4 Å². The molecule has 2 aromatic carbocycles. The van der Waals surface area contributed by atoms with E-state index in [1.807, 2.05) is 0 Å². The summed E-state index contributed by atoms with van der Waals surface area (Å²) in [5.41, 5.74) is 0.335. The van der Waals surface area contributed by atoms with E-state index in [0.717, 1.165) is 0 Å². The van der Waals surface area contributed by atoms with Gasteiger partial charge >= 0.3 is 12.1 Å². The lowest BCUT2D eigenvalue weighted by molar-refractivity contribution is 0.0165. The predicted octanol–water partition coefficient (Wildman–Crippen LogP) is 6.10. The fraction of sp³-hybridized carbons (Fsp3) is 0.379. The smallest absolute Gasteiger partial charge is 0.410 e. The predicted molar refractivity (Wildman–Crippen MR) is 141 cm³/mol. The number of amides is 1. The second-order valence-electron chi connectivity index (χ2n) is 10.1. The molecule has 3 aromatic rings. The van der Waals surface area contributed by atoms with Crippen LogP contribution in [-0.2, 0) is 9.47 Å². The second kappa shape index (κ2) is 11.6. The number of carbonyl (C=O) groups excluding carboxylic acids is 2. The minimum atomic E-state index is -0.665. The van der Waals surface area contributed by atoms with Crippen molar-refractivity contribution >= 4 is 12.1 Å². The molecule has 0 bridgehead atoms. The molecule has 0 aliphatic carbocycles. The minimum absolute atomic E-state index is 0.0390. The number of hydrogen-bond acceptors (Lipinski definition) is 7. The SMILES string of the molecule is CCOC(=O)c1c(C#N)c(-c2ccc(Oc3ccccc3F)cc2)nn1[C@@H]1CCCN(C(=O)OC(C)(C)C)C1. The molecule has 2 heterocycles. The molecule has 204 valence electrons. The van der Waals surface area contributed by atoms with Crippen LogP contribution in [0.1, 0.15) is 62.6 Å². The van der Waals surface area contributed by atoms with Crippen molar-refractivity contribution in [1.82, 2.24) is 14.7 Å². The number of carbonyl (C=O) groups is 2. The fourth-order valence-corrected chi connectivity index (χ4v) is 4.38. The van der Waals surface area contributed by atoms with Crippen LogP contribution in [0.25, 0.3) is 11.3 Å². The molecule has 0 N–H and O–H groups in total. The zero-order chi connectivity index (χ0) is 28.2. The highest BCUT2D eigenvalue weighted by molar-refractivity contribution is 5.93. The van der Waals surface area contributed by atoms with E-state index in [2.05, 4.69) is 11.2 Å². The molecule has 4 rings (SSSR count). The van der Waals surface area contributed by atoms with E-state index in [4.69, 9.17) is 14.2 Å². The summed E-state index contributed by atoms with van der Waals surface area (Å²) in [7, 11) is 0. The highest BCUT2D eigenvalue weighted by Gasteiger charge is 2.34. The van der Waals surface area contributed by atoms with Gasteiger partial charge in [0, 0.05) is 18.7 Å². The quantitative estimate of drug-likeness (QED) is 0.352. The molecule has 1 fully saturated rings. The first-order valence-corrected chi connectivity index (χ1v) is 12.8. The van der Waals surface area contributed by atoms with Gasteiger partial charge in [0.05, 0.1) is 12.6 Å². The van der Waals surface area contributed by atoms with Crippen molar-refractivity contribution in [1.29, 1.82) is 5.26 Å².